The summed E-state index contributed by atoms with van der Waals surface area (Å²) in [6.07, 6.45) is 1.61. The Morgan fingerprint density at radius 3 is 1.35 bits per heavy atom. The fourth-order valence-corrected chi connectivity index (χ4v) is 11.4. The highest BCUT2D eigenvalue weighted by molar-refractivity contribution is 6.75. The Hall–Kier alpha value is -1.83. The summed E-state index contributed by atoms with van der Waals surface area (Å²) < 4.78 is 24.7. The van der Waals surface area contributed by atoms with Gasteiger partial charge in [0, 0.05) is 29.8 Å². The Morgan fingerprint density at radius 1 is 0.636 bits per heavy atom. The van der Waals surface area contributed by atoms with E-state index in [-0.39, 0.29) is 51.0 Å². The van der Waals surface area contributed by atoms with Gasteiger partial charge in [0.15, 0.2) is 31.2 Å². The van der Waals surface area contributed by atoms with Crippen LogP contribution in [0, 0.1) is 34.0 Å². The molecule has 0 radical (unpaired) electrons. The van der Waals surface area contributed by atoms with Crippen LogP contribution in [0.25, 0.3) is 0 Å². The highest BCUT2D eigenvalue weighted by Crippen LogP contribution is 2.46. The van der Waals surface area contributed by atoms with Crippen LogP contribution in [0.4, 0.5) is 0 Å². The zero-order valence-corrected chi connectivity index (χ0v) is 49.3. The van der Waals surface area contributed by atoms with Gasteiger partial charge in [0.2, 0.25) is 0 Å². The van der Waals surface area contributed by atoms with Crippen molar-refractivity contribution in [1.82, 2.24) is 0 Å². The van der Waals surface area contributed by atoms with Gasteiger partial charge in [0.25, 0.3) is 0 Å². The first kappa shape index (κ1) is 66.3. The summed E-state index contributed by atoms with van der Waals surface area (Å²) in [5, 5.41) is 37.4. The van der Waals surface area contributed by atoms with E-state index in [9.17, 15) is 29.4 Å². The number of rotatable bonds is 22. The predicted octanol–water partition coefficient (Wildman–Crippen LogP) is 12.1. The third-order valence-electron chi connectivity index (χ3n) is 15.1. The van der Waals surface area contributed by atoms with Crippen LogP contribution >= 0.6 is 0 Å². The lowest BCUT2D eigenvalue weighted by atomic mass is 9.66. The molecule has 0 aromatic rings. The number of carbonyl (C=O) groups excluding carboxylic acids is 2. The Kier molecular flexibility index (Phi) is 24.9. The Bertz CT molecular complexity index is 1590. The molecule has 0 aliphatic carbocycles. The summed E-state index contributed by atoms with van der Waals surface area (Å²) in [4.78, 5) is 50.2. The molecule has 12 nitrogen and oxygen atoms in total. The Labute approximate surface area is 405 Å². The summed E-state index contributed by atoms with van der Waals surface area (Å²) in [6, 6.07) is 0. The molecule has 0 bridgehead atoms. The summed E-state index contributed by atoms with van der Waals surface area (Å²) in [6.45, 7) is 57.1. The molecule has 66 heavy (non-hydrogen) atoms. The fourth-order valence-electron chi connectivity index (χ4n) is 6.97. The average Bonchev–Trinajstić information content (AvgIpc) is 3.63. The van der Waals surface area contributed by atoms with E-state index in [0.717, 1.165) is 19.4 Å². The summed E-state index contributed by atoms with van der Waals surface area (Å²) in [5.74, 6) is -2.85. The number of carboxylic acids is 2. The van der Waals surface area contributed by atoms with Crippen molar-refractivity contribution in [2.75, 3.05) is 6.61 Å². The Morgan fingerprint density at radius 2 is 1.03 bits per heavy atom. The van der Waals surface area contributed by atoms with Crippen LogP contribution in [0.1, 0.15) is 150 Å². The highest BCUT2D eigenvalue weighted by atomic mass is 28.4. The monoisotopic (exact) mass is 989 g/mol. The van der Waals surface area contributed by atoms with Gasteiger partial charge in [-0.05, 0) is 72.7 Å². The molecule has 1 fully saturated rings. The van der Waals surface area contributed by atoms with Crippen LogP contribution < -0.4 is 0 Å². The van der Waals surface area contributed by atoms with Gasteiger partial charge in [-0.15, -0.1) is 13.2 Å². The minimum atomic E-state index is -2.30. The second kappa shape index (κ2) is 24.8. The normalized spacial score (nSPS) is 19.0. The molecule has 1 saturated heterocycles. The molecule has 1 rings (SSSR count). The summed E-state index contributed by atoms with van der Waals surface area (Å²) in [5.41, 5.74) is -3.12. The predicted molar refractivity (Wildman–Crippen MR) is 277 cm³/mol. The molecule has 1 aliphatic heterocycles. The topological polar surface area (TPSA) is 186 Å². The third kappa shape index (κ3) is 18.8. The Balaban J connectivity index is 0. The van der Waals surface area contributed by atoms with E-state index in [4.69, 9.17) is 28.2 Å². The molecule has 15 heteroatoms. The molecule has 8 atom stereocenters. The zero-order valence-electron chi connectivity index (χ0n) is 46.3. The lowest BCUT2D eigenvalue weighted by molar-refractivity contribution is -0.152. The molecular formula is C51H100O12Si3. The fraction of sp³-hybridized carbons (Fsp3) is 0.843. The first-order valence-electron chi connectivity index (χ1n) is 23.9. The maximum absolute atomic E-state index is 14.0. The molecule has 0 aromatic heterocycles. The number of aliphatic hydroxyl groups excluding tert-OH is 2. The van der Waals surface area contributed by atoms with Gasteiger partial charge in [-0.25, -0.2) is 0 Å². The van der Waals surface area contributed by atoms with E-state index >= 15 is 0 Å². The molecular weight excluding hydrogens is 889 g/mol. The van der Waals surface area contributed by atoms with Crippen LogP contribution in [-0.2, 0) is 37.2 Å². The minimum absolute atomic E-state index is 0.00170. The van der Waals surface area contributed by atoms with Crippen molar-refractivity contribution >= 4 is 48.5 Å². The van der Waals surface area contributed by atoms with Crippen molar-refractivity contribution in [3.8, 4) is 0 Å². The number of carbonyl (C=O) groups is 4. The van der Waals surface area contributed by atoms with Crippen molar-refractivity contribution in [2.45, 2.75) is 235 Å². The molecule has 1 aliphatic rings. The maximum atomic E-state index is 14.0. The lowest BCUT2D eigenvalue weighted by Crippen LogP contribution is -2.56. The van der Waals surface area contributed by atoms with Crippen molar-refractivity contribution in [1.29, 1.82) is 0 Å². The number of ketones is 2. The van der Waals surface area contributed by atoms with Crippen LogP contribution in [0.15, 0.2) is 25.3 Å². The van der Waals surface area contributed by atoms with Gasteiger partial charge < -0.3 is 38.4 Å². The molecule has 0 amide bonds. The minimum Gasteiger partial charge on any atom is -0.481 e. The molecule has 1 heterocycles. The first-order chi connectivity index (χ1) is 29.1. The van der Waals surface area contributed by atoms with E-state index in [0.29, 0.717) is 0 Å². The van der Waals surface area contributed by atoms with Crippen molar-refractivity contribution in [3.63, 3.8) is 0 Å². The van der Waals surface area contributed by atoms with E-state index < -0.39 is 90.1 Å². The van der Waals surface area contributed by atoms with Crippen LogP contribution in [0.3, 0.4) is 0 Å². The van der Waals surface area contributed by atoms with Gasteiger partial charge in [-0.1, -0.05) is 137 Å². The van der Waals surface area contributed by atoms with Crippen molar-refractivity contribution in [3.05, 3.63) is 25.3 Å². The largest absolute Gasteiger partial charge is 0.481 e. The number of aliphatic carboxylic acids is 2. The third-order valence-corrected chi connectivity index (χ3v) is 28.6. The lowest BCUT2D eigenvalue weighted by Gasteiger charge is -2.47. The highest BCUT2D eigenvalue weighted by Gasteiger charge is 2.53. The summed E-state index contributed by atoms with van der Waals surface area (Å²) in [7, 11) is -6.62. The molecule has 0 aromatic carbocycles. The maximum Gasteiger partial charge on any atom is 0.306 e. The van der Waals surface area contributed by atoms with Gasteiger partial charge in [-0.3, -0.25) is 19.2 Å². The van der Waals surface area contributed by atoms with Crippen molar-refractivity contribution in [2.24, 2.45) is 34.0 Å². The van der Waals surface area contributed by atoms with Gasteiger partial charge in [0.1, 0.15) is 11.6 Å². The molecule has 388 valence electrons. The smallest absolute Gasteiger partial charge is 0.306 e. The van der Waals surface area contributed by atoms with Gasteiger partial charge in [-0.2, -0.15) is 0 Å². The molecule has 2 unspecified atom stereocenters. The summed E-state index contributed by atoms with van der Waals surface area (Å²) >= 11 is 0. The number of ether oxygens (including phenoxy) is 1. The number of carboxylic acid groups (broad SMARTS) is 2. The van der Waals surface area contributed by atoms with Crippen molar-refractivity contribution < 1.29 is 57.6 Å². The van der Waals surface area contributed by atoms with E-state index in [1.54, 1.807) is 19.9 Å². The quantitative estimate of drug-likeness (QED) is 0.0595. The van der Waals surface area contributed by atoms with Crippen LogP contribution in [-0.4, -0.2) is 106 Å². The number of hydrogen-bond acceptors (Lipinski definition) is 10. The molecule has 4 N–H and O–H groups in total. The number of aliphatic hydroxyl groups is 2. The van der Waals surface area contributed by atoms with E-state index in [1.807, 2.05) is 54.5 Å². The number of hydrogen-bond donors (Lipinski definition) is 4. The van der Waals surface area contributed by atoms with Gasteiger partial charge >= 0.3 is 11.9 Å². The molecule has 0 saturated carbocycles. The second-order valence-electron chi connectivity index (χ2n) is 25.0. The van der Waals surface area contributed by atoms with E-state index in [1.165, 1.54) is 0 Å². The second-order valence-corrected chi connectivity index (χ2v) is 39.3. The number of Topliss-reactive ketones (excluding diaryl/α,β-unsaturated/α-hetero) is 2. The first-order valence-corrected chi connectivity index (χ1v) is 32.7. The van der Waals surface area contributed by atoms with E-state index in [2.05, 4.69) is 115 Å². The SMILES string of the molecule is C=C[C@H](C)[C@H](O[Si](C)(C)C(C)(C)C)C(C)(C)C(=O)C(C)(C)[C@@H](O)CC(=O)O.C=C[C@H](C)[C@H](O[Si](C)(C)C(C)(C)C)C(C)C(=O)C(C)(C)[C@H](CC(=O)O)O[Si](C)(C)C(C)(C)C.OC1CCCO1. The average molecular weight is 990 g/mol. The zero-order chi connectivity index (χ0) is 53.2. The van der Waals surface area contributed by atoms with Crippen LogP contribution in [0.5, 0.6) is 0 Å². The molecule has 0 spiro atoms. The van der Waals surface area contributed by atoms with Crippen LogP contribution in [0.2, 0.25) is 54.4 Å². The standard InChI is InChI=1S/C26H52O5Si2.C21H40O5Si.C4H8O2/c1-16-18(2)22(31-33(14,15)25(7,8)9)19(3)23(29)26(10,11)20(17-21(27)28)30-32(12,13)24(4,5)6;1-12-14(2)17(26-27(10,11)19(3,4)5)21(8,9)18(25)20(6,7)15(22)13-16(23)24;5-4-2-1-3-6-4/h16,18-20,22H,1,17H2,2-15H3,(H,27,28);12,14-15,17,22H,1,13H2,2-11H3,(H,23,24);4-5H,1-3H2/t18-,19?,20-,22-;14-,15-,17-;/m00./s1. The van der Waals surface area contributed by atoms with Gasteiger partial charge in [0.05, 0.1) is 42.7 Å².